The van der Waals surface area contributed by atoms with Gasteiger partial charge in [0.05, 0.1) is 0 Å². The quantitative estimate of drug-likeness (QED) is 0.497. The van der Waals surface area contributed by atoms with Crippen LogP contribution >= 0.6 is 12.4 Å². The lowest BCUT2D eigenvalue weighted by molar-refractivity contribution is 0.243. The molecular formula is C25H30ClNO. The summed E-state index contributed by atoms with van der Waals surface area (Å²) >= 11 is 0. The summed E-state index contributed by atoms with van der Waals surface area (Å²) in [5.74, 6) is 0.761. The van der Waals surface area contributed by atoms with Crippen molar-refractivity contribution in [2.24, 2.45) is 0 Å². The fourth-order valence-electron chi connectivity index (χ4n) is 3.50. The Bertz CT molecular complexity index is 821. The fourth-order valence-corrected chi connectivity index (χ4v) is 3.50. The van der Waals surface area contributed by atoms with Crippen molar-refractivity contribution < 1.29 is 5.11 Å². The average molecular weight is 396 g/mol. The molecule has 0 atom stereocenters. The smallest absolute Gasteiger partial charge is 0.123 e. The number of aromatic hydroxyl groups is 1. The first-order chi connectivity index (χ1) is 13.0. The van der Waals surface area contributed by atoms with Gasteiger partial charge in [0.25, 0.3) is 0 Å². The van der Waals surface area contributed by atoms with Gasteiger partial charge in [-0.25, -0.2) is 0 Å². The van der Waals surface area contributed by atoms with Crippen molar-refractivity contribution in [3.8, 4) is 5.75 Å². The molecule has 3 aromatic rings. The van der Waals surface area contributed by atoms with Crippen LogP contribution in [0.4, 0.5) is 0 Å². The molecule has 3 aromatic carbocycles. The second kappa shape index (κ2) is 10.3. The van der Waals surface area contributed by atoms with Crippen LogP contribution < -0.4 is 0 Å². The lowest BCUT2D eigenvalue weighted by atomic mass is 9.95. The number of rotatable bonds is 7. The van der Waals surface area contributed by atoms with Crippen LogP contribution in [-0.2, 0) is 19.6 Å². The fraction of sp³-hybridized carbons (Fsp3) is 0.280. The second-order valence-electron chi connectivity index (χ2n) is 7.57. The Morgan fingerprint density at radius 2 is 1.25 bits per heavy atom. The largest absolute Gasteiger partial charge is 0.507 e. The number of aryl methyl sites for hydroxylation is 1. The monoisotopic (exact) mass is 395 g/mol. The van der Waals surface area contributed by atoms with E-state index >= 15 is 0 Å². The van der Waals surface area contributed by atoms with Crippen LogP contribution in [-0.4, -0.2) is 10.0 Å². The molecule has 0 heterocycles. The highest BCUT2D eigenvalue weighted by Crippen LogP contribution is 2.32. The summed E-state index contributed by atoms with van der Waals surface area (Å²) in [6.07, 6.45) is 0. The topological polar surface area (TPSA) is 23.5 Å². The average Bonchev–Trinajstić information content (AvgIpc) is 2.66. The number of hydrogen-bond acceptors (Lipinski definition) is 2. The van der Waals surface area contributed by atoms with Gasteiger partial charge in [-0.1, -0.05) is 86.6 Å². The van der Waals surface area contributed by atoms with Gasteiger partial charge in [-0.3, -0.25) is 4.90 Å². The van der Waals surface area contributed by atoms with E-state index in [0.29, 0.717) is 11.7 Å². The van der Waals surface area contributed by atoms with Crippen molar-refractivity contribution >= 4 is 12.4 Å². The third kappa shape index (κ3) is 5.60. The van der Waals surface area contributed by atoms with Crippen LogP contribution in [0, 0.1) is 6.92 Å². The minimum atomic E-state index is 0. The van der Waals surface area contributed by atoms with Crippen molar-refractivity contribution in [2.45, 2.75) is 46.3 Å². The molecule has 0 saturated carbocycles. The molecule has 0 radical (unpaired) electrons. The zero-order valence-corrected chi connectivity index (χ0v) is 17.7. The van der Waals surface area contributed by atoms with Crippen LogP contribution in [0.1, 0.15) is 47.6 Å². The van der Waals surface area contributed by atoms with Crippen molar-refractivity contribution in [3.05, 3.63) is 101 Å². The Morgan fingerprint density at radius 3 is 1.71 bits per heavy atom. The van der Waals surface area contributed by atoms with E-state index in [1.54, 1.807) is 0 Å². The molecule has 0 aromatic heterocycles. The molecular weight excluding hydrogens is 366 g/mol. The molecule has 1 N–H and O–H groups in total. The first kappa shape index (κ1) is 22.0. The Labute approximate surface area is 175 Å². The number of nitrogens with zero attached hydrogens (tertiary/aromatic N) is 1. The molecule has 3 rings (SSSR count). The molecule has 0 aliphatic rings. The van der Waals surface area contributed by atoms with Gasteiger partial charge in [0.2, 0.25) is 0 Å². The lowest BCUT2D eigenvalue weighted by Gasteiger charge is -2.25. The van der Waals surface area contributed by atoms with Gasteiger partial charge >= 0.3 is 0 Å². The molecule has 0 aliphatic heterocycles. The molecule has 0 fully saturated rings. The maximum absolute atomic E-state index is 10.9. The van der Waals surface area contributed by atoms with E-state index in [9.17, 15) is 5.11 Å². The minimum absolute atomic E-state index is 0. The van der Waals surface area contributed by atoms with Gasteiger partial charge in [-0.05, 0) is 35.1 Å². The van der Waals surface area contributed by atoms with Crippen LogP contribution in [0.3, 0.4) is 0 Å². The number of halogens is 1. The summed E-state index contributed by atoms with van der Waals surface area (Å²) in [5, 5.41) is 10.9. The van der Waals surface area contributed by atoms with Gasteiger partial charge in [0.1, 0.15) is 5.75 Å². The summed E-state index contributed by atoms with van der Waals surface area (Å²) in [5.41, 5.74) is 5.77. The van der Waals surface area contributed by atoms with Crippen LogP contribution in [0.25, 0.3) is 0 Å². The van der Waals surface area contributed by atoms with Gasteiger partial charge in [-0.15, -0.1) is 12.4 Å². The van der Waals surface area contributed by atoms with E-state index < -0.39 is 0 Å². The van der Waals surface area contributed by atoms with Gasteiger partial charge < -0.3 is 5.11 Å². The lowest BCUT2D eigenvalue weighted by Crippen LogP contribution is -2.23. The van der Waals surface area contributed by atoms with Gasteiger partial charge in [0, 0.05) is 25.2 Å². The molecule has 28 heavy (non-hydrogen) atoms. The zero-order chi connectivity index (χ0) is 19.2. The number of benzene rings is 3. The molecule has 0 spiro atoms. The maximum Gasteiger partial charge on any atom is 0.123 e. The summed E-state index contributed by atoms with van der Waals surface area (Å²) < 4.78 is 0. The zero-order valence-electron chi connectivity index (χ0n) is 16.9. The Balaban J connectivity index is 0.00000280. The van der Waals surface area contributed by atoms with Crippen molar-refractivity contribution in [1.82, 2.24) is 4.90 Å². The summed E-state index contributed by atoms with van der Waals surface area (Å²) in [6, 6.07) is 25.3. The summed E-state index contributed by atoms with van der Waals surface area (Å²) in [4.78, 5) is 2.40. The van der Waals surface area contributed by atoms with Crippen LogP contribution in [0.5, 0.6) is 5.75 Å². The van der Waals surface area contributed by atoms with Crippen LogP contribution in [0.2, 0.25) is 0 Å². The third-order valence-corrected chi connectivity index (χ3v) is 5.05. The standard InChI is InChI=1S/C25H29NO.ClH/c1-19(2)23-15-14-20(3)24(25(23)27)18-26(16-21-10-6-4-7-11-21)17-22-12-8-5-9-13-22;/h4-15,19,27H,16-18H2,1-3H3;1H. The van der Waals surface area contributed by atoms with E-state index in [1.165, 1.54) is 11.1 Å². The molecule has 3 heteroatoms. The molecule has 0 saturated heterocycles. The SMILES string of the molecule is Cc1ccc(C(C)C)c(O)c1CN(Cc1ccccc1)Cc1ccccc1.Cl. The Morgan fingerprint density at radius 1 is 0.750 bits per heavy atom. The Kier molecular flexibility index (Phi) is 8.10. The van der Waals surface area contributed by atoms with Crippen LogP contribution in [0.15, 0.2) is 72.8 Å². The van der Waals surface area contributed by atoms with E-state index in [2.05, 4.69) is 86.3 Å². The van der Waals surface area contributed by atoms with Gasteiger partial charge in [0.15, 0.2) is 0 Å². The number of phenolic OH excluding ortho intramolecular Hbond substituents is 1. The van der Waals surface area contributed by atoms with E-state index in [4.69, 9.17) is 0 Å². The van der Waals surface area contributed by atoms with E-state index in [0.717, 1.165) is 36.3 Å². The highest BCUT2D eigenvalue weighted by molar-refractivity contribution is 5.85. The summed E-state index contributed by atoms with van der Waals surface area (Å²) in [7, 11) is 0. The van der Waals surface area contributed by atoms with Gasteiger partial charge in [-0.2, -0.15) is 0 Å². The summed E-state index contributed by atoms with van der Waals surface area (Å²) in [6.45, 7) is 8.76. The van der Waals surface area contributed by atoms with E-state index in [1.807, 2.05) is 12.1 Å². The minimum Gasteiger partial charge on any atom is -0.507 e. The molecule has 2 nitrogen and oxygen atoms in total. The number of phenols is 1. The Hall–Kier alpha value is -2.29. The second-order valence-corrected chi connectivity index (χ2v) is 7.57. The van der Waals surface area contributed by atoms with E-state index in [-0.39, 0.29) is 12.4 Å². The predicted octanol–water partition coefficient (Wildman–Crippen LogP) is 6.45. The third-order valence-electron chi connectivity index (χ3n) is 5.05. The molecule has 0 unspecified atom stereocenters. The maximum atomic E-state index is 10.9. The molecule has 148 valence electrons. The highest BCUT2D eigenvalue weighted by atomic mass is 35.5. The first-order valence-electron chi connectivity index (χ1n) is 9.66. The molecule has 0 amide bonds. The molecule has 0 bridgehead atoms. The molecule has 0 aliphatic carbocycles. The van der Waals surface area contributed by atoms with Crippen molar-refractivity contribution in [2.75, 3.05) is 0 Å². The van der Waals surface area contributed by atoms with Crippen molar-refractivity contribution in [3.63, 3.8) is 0 Å². The van der Waals surface area contributed by atoms with Crippen molar-refractivity contribution in [1.29, 1.82) is 0 Å². The highest BCUT2D eigenvalue weighted by Gasteiger charge is 2.16. The number of hydrogen-bond donors (Lipinski definition) is 1. The first-order valence-corrected chi connectivity index (χ1v) is 9.66. The predicted molar refractivity (Wildman–Crippen MR) is 120 cm³/mol. The normalized spacial score (nSPS) is 10.9.